The number of methoxy groups -OCH3 is 1. The SMILES string of the molecule is C/C=C\C1=C(N(C=O)c2cc(F)c(-c3cccc(C(F)F)c3)cc2OC)CCN(S(=O)(=O)Nc2cccnn2)C1. The minimum absolute atomic E-state index is 0.0135. The Morgan fingerprint density at radius 2 is 1.98 bits per heavy atom. The zero-order valence-corrected chi connectivity index (χ0v) is 22.4. The summed E-state index contributed by atoms with van der Waals surface area (Å²) in [7, 11) is -2.66. The Kier molecular flexibility index (Phi) is 8.85. The van der Waals surface area contributed by atoms with Gasteiger partial charge in [-0.3, -0.25) is 14.4 Å². The lowest BCUT2D eigenvalue weighted by molar-refractivity contribution is -0.107. The number of alkyl halides is 2. The van der Waals surface area contributed by atoms with Gasteiger partial charge in [0.2, 0.25) is 6.41 Å². The first-order valence-corrected chi connectivity index (χ1v) is 13.5. The molecule has 0 radical (unpaired) electrons. The number of halogens is 3. The van der Waals surface area contributed by atoms with Gasteiger partial charge in [0.05, 0.1) is 12.8 Å². The van der Waals surface area contributed by atoms with Crippen LogP contribution in [0.3, 0.4) is 0 Å². The molecule has 0 aliphatic carbocycles. The zero-order chi connectivity index (χ0) is 28.9. The number of nitrogens with zero attached hydrogens (tertiary/aromatic N) is 4. The van der Waals surface area contributed by atoms with Crippen molar-refractivity contribution < 1.29 is 31.1 Å². The predicted octanol–water partition coefficient (Wildman–Crippen LogP) is 5.08. The number of anilines is 2. The second-order valence-corrected chi connectivity index (χ2v) is 10.3. The maximum absolute atomic E-state index is 15.4. The molecular weight excluding hydrogens is 547 g/mol. The van der Waals surface area contributed by atoms with E-state index in [0.717, 1.165) is 6.07 Å². The predicted molar refractivity (Wildman–Crippen MR) is 144 cm³/mol. The number of hydrogen-bond donors (Lipinski definition) is 1. The molecule has 210 valence electrons. The third-order valence-electron chi connectivity index (χ3n) is 6.20. The van der Waals surface area contributed by atoms with Crippen molar-refractivity contribution in [1.29, 1.82) is 0 Å². The van der Waals surface area contributed by atoms with Crippen molar-refractivity contribution in [2.45, 2.75) is 19.8 Å². The molecule has 1 aromatic heterocycles. The summed E-state index contributed by atoms with van der Waals surface area (Å²) in [6.45, 7) is 1.67. The number of amides is 1. The Labute approximate surface area is 229 Å². The van der Waals surface area contributed by atoms with E-state index in [-0.39, 0.29) is 53.5 Å². The molecular formula is C27H26F3N5O4S. The normalized spacial score (nSPS) is 14.6. The summed E-state index contributed by atoms with van der Waals surface area (Å²) in [5, 5.41) is 7.41. The van der Waals surface area contributed by atoms with Gasteiger partial charge in [-0.25, -0.2) is 13.2 Å². The highest BCUT2D eigenvalue weighted by molar-refractivity contribution is 7.90. The number of nitrogens with one attached hydrogen (secondary N) is 1. The second-order valence-electron chi connectivity index (χ2n) is 8.68. The number of carbonyl (C=O) groups is 1. The molecule has 1 N–H and O–H groups in total. The minimum atomic E-state index is -4.01. The summed E-state index contributed by atoms with van der Waals surface area (Å²) in [6, 6.07) is 10.8. The van der Waals surface area contributed by atoms with E-state index in [4.69, 9.17) is 4.74 Å². The highest BCUT2D eigenvalue weighted by Gasteiger charge is 2.31. The smallest absolute Gasteiger partial charge is 0.303 e. The van der Waals surface area contributed by atoms with Crippen molar-refractivity contribution in [3.8, 4) is 16.9 Å². The van der Waals surface area contributed by atoms with Crippen LogP contribution in [0.15, 0.2) is 78.1 Å². The van der Waals surface area contributed by atoms with Crippen LogP contribution in [-0.4, -0.2) is 49.5 Å². The summed E-state index contributed by atoms with van der Waals surface area (Å²) in [5.74, 6) is -0.577. The molecule has 40 heavy (non-hydrogen) atoms. The molecule has 2 aromatic carbocycles. The van der Waals surface area contributed by atoms with Gasteiger partial charge in [-0.2, -0.15) is 17.8 Å². The summed E-state index contributed by atoms with van der Waals surface area (Å²) >= 11 is 0. The van der Waals surface area contributed by atoms with Gasteiger partial charge in [0, 0.05) is 48.6 Å². The van der Waals surface area contributed by atoms with Crippen molar-refractivity contribution in [2.24, 2.45) is 0 Å². The van der Waals surface area contributed by atoms with E-state index in [9.17, 15) is 22.0 Å². The molecule has 1 aliphatic heterocycles. The molecule has 2 heterocycles. The molecule has 0 bridgehead atoms. The van der Waals surface area contributed by atoms with Crippen LogP contribution in [0.5, 0.6) is 5.75 Å². The average Bonchev–Trinajstić information content (AvgIpc) is 2.94. The fourth-order valence-electron chi connectivity index (χ4n) is 4.36. The molecule has 0 spiro atoms. The number of rotatable bonds is 10. The Morgan fingerprint density at radius 3 is 2.62 bits per heavy atom. The minimum Gasteiger partial charge on any atom is -0.495 e. The molecule has 0 atom stereocenters. The Morgan fingerprint density at radius 1 is 1.18 bits per heavy atom. The van der Waals surface area contributed by atoms with Crippen LogP contribution < -0.4 is 14.4 Å². The van der Waals surface area contributed by atoms with Gasteiger partial charge in [0.1, 0.15) is 11.6 Å². The van der Waals surface area contributed by atoms with Crippen LogP contribution in [0.1, 0.15) is 25.3 Å². The molecule has 0 fully saturated rings. The monoisotopic (exact) mass is 573 g/mol. The lowest BCUT2D eigenvalue weighted by Crippen LogP contribution is -2.42. The number of carbonyl (C=O) groups excluding carboxylic acids is 1. The maximum atomic E-state index is 15.4. The first-order chi connectivity index (χ1) is 19.2. The van der Waals surface area contributed by atoms with Crippen molar-refractivity contribution in [2.75, 3.05) is 29.8 Å². The average molecular weight is 574 g/mol. The quantitative estimate of drug-likeness (QED) is 0.339. The molecule has 1 aliphatic rings. The number of allylic oxidation sites excluding steroid dienone is 1. The molecule has 4 rings (SSSR count). The molecule has 0 saturated heterocycles. The third kappa shape index (κ3) is 6.15. The van der Waals surface area contributed by atoms with Crippen molar-refractivity contribution >= 4 is 28.1 Å². The van der Waals surface area contributed by atoms with E-state index in [1.807, 2.05) is 0 Å². The van der Waals surface area contributed by atoms with Crippen LogP contribution in [-0.2, 0) is 15.0 Å². The van der Waals surface area contributed by atoms with E-state index in [1.165, 1.54) is 58.9 Å². The molecule has 1 amide bonds. The van der Waals surface area contributed by atoms with E-state index in [1.54, 1.807) is 25.1 Å². The fraction of sp³-hybridized carbons (Fsp3) is 0.222. The molecule has 0 saturated carbocycles. The lowest BCUT2D eigenvalue weighted by Gasteiger charge is -2.33. The number of ether oxygens (including phenoxy) is 1. The molecule has 9 nitrogen and oxygen atoms in total. The van der Waals surface area contributed by atoms with Gasteiger partial charge >= 0.3 is 10.2 Å². The van der Waals surface area contributed by atoms with E-state index in [2.05, 4.69) is 14.9 Å². The largest absolute Gasteiger partial charge is 0.495 e. The van der Waals surface area contributed by atoms with Crippen molar-refractivity contribution in [3.05, 3.63) is 89.5 Å². The topological polar surface area (TPSA) is 105 Å². The highest BCUT2D eigenvalue weighted by Crippen LogP contribution is 2.39. The van der Waals surface area contributed by atoms with Crippen LogP contribution in [0.4, 0.5) is 24.7 Å². The second kappa shape index (κ2) is 12.3. The number of hydrogen-bond acceptors (Lipinski definition) is 6. The van der Waals surface area contributed by atoms with Gasteiger partial charge in [-0.05, 0) is 42.3 Å². The molecule has 3 aromatic rings. The van der Waals surface area contributed by atoms with Crippen LogP contribution in [0.25, 0.3) is 11.1 Å². The van der Waals surface area contributed by atoms with E-state index >= 15 is 4.39 Å². The third-order valence-corrected chi connectivity index (χ3v) is 7.66. The van der Waals surface area contributed by atoms with E-state index < -0.39 is 22.5 Å². The van der Waals surface area contributed by atoms with Gasteiger partial charge in [0.25, 0.3) is 6.43 Å². The lowest BCUT2D eigenvalue weighted by atomic mass is 10.0. The summed E-state index contributed by atoms with van der Waals surface area (Å²) in [4.78, 5) is 13.6. The Hall–Kier alpha value is -4.23. The maximum Gasteiger partial charge on any atom is 0.303 e. The Bertz CT molecular complexity index is 1550. The first kappa shape index (κ1) is 28.8. The zero-order valence-electron chi connectivity index (χ0n) is 21.6. The van der Waals surface area contributed by atoms with E-state index in [0.29, 0.717) is 17.7 Å². The Balaban J connectivity index is 1.71. The van der Waals surface area contributed by atoms with Crippen LogP contribution in [0, 0.1) is 5.82 Å². The summed E-state index contributed by atoms with van der Waals surface area (Å²) in [6.07, 6.45) is 2.66. The van der Waals surface area contributed by atoms with Gasteiger partial charge in [0.15, 0.2) is 5.82 Å². The number of aromatic nitrogens is 2. The molecule has 13 heteroatoms. The first-order valence-electron chi connectivity index (χ1n) is 12.1. The van der Waals surface area contributed by atoms with Crippen molar-refractivity contribution in [1.82, 2.24) is 14.5 Å². The molecule has 0 unspecified atom stereocenters. The van der Waals surface area contributed by atoms with Crippen molar-refractivity contribution in [3.63, 3.8) is 0 Å². The van der Waals surface area contributed by atoms with Crippen LogP contribution >= 0.6 is 0 Å². The number of benzene rings is 2. The van der Waals surface area contributed by atoms with Gasteiger partial charge in [-0.15, -0.1) is 5.10 Å². The fourth-order valence-corrected chi connectivity index (χ4v) is 5.50. The highest BCUT2D eigenvalue weighted by atomic mass is 32.2. The van der Waals surface area contributed by atoms with Gasteiger partial charge < -0.3 is 4.74 Å². The summed E-state index contributed by atoms with van der Waals surface area (Å²) < 4.78 is 76.9. The van der Waals surface area contributed by atoms with Crippen LogP contribution in [0.2, 0.25) is 0 Å². The van der Waals surface area contributed by atoms with Gasteiger partial charge in [-0.1, -0.05) is 30.4 Å². The summed E-state index contributed by atoms with van der Waals surface area (Å²) in [5.41, 5.74) is 1.01. The standard InChI is InChI=1S/C27H26F3N5O4S/c1-3-6-20-16-34(40(37,38)33-26-9-5-11-31-32-26)12-10-23(20)35(17-36)24-15-22(28)21(14-25(24)39-2)18-7-4-8-19(13-18)27(29)30/h3-9,11,13-15,17,27H,10,12,16H2,1-2H3,(H,32,33)/b6-3-.